The number of allylic oxidation sites excluding steroid dienone is 1. The van der Waals surface area contributed by atoms with Crippen molar-refractivity contribution in [3.05, 3.63) is 104 Å². The van der Waals surface area contributed by atoms with Crippen molar-refractivity contribution in [3.8, 4) is 17.6 Å². The van der Waals surface area contributed by atoms with Gasteiger partial charge in [-0.2, -0.15) is 18.4 Å². The molecule has 0 saturated heterocycles. The van der Waals surface area contributed by atoms with Crippen LogP contribution in [-0.2, 0) is 6.18 Å². The van der Waals surface area contributed by atoms with E-state index in [4.69, 9.17) is 4.74 Å². The fourth-order valence-electron chi connectivity index (χ4n) is 2.83. The van der Waals surface area contributed by atoms with Gasteiger partial charge in [0.25, 0.3) is 5.69 Å². The highest BCUT2D eigenvalue weighted by molar-refractivity contribution is 5.89. The molecule has 0 bridgehead atoms. The predicted octanol–water partition coefficient (Wildman–Crippen LogP) is 6.38. The van der Waals surface area contributed by atoms with Gasteiger partial charge in [-0.15, -0.1) is 0 Å². The Morgan fingerprint density at radius 3 is 2.24 bits per heavy atom. The second-order valence-corrected chi connectivity index (χ2v) is 6.59. The Labute approximate surface area is 184 Å². The highest BCUT2D eigenvalue weighted by Crippen LogP contribution is 2.38. The number of hydrogen-bond acceptors (Lipinski definition) is 6. The molecular weight excluding hydrogens is 443 g/mol. The summed E-state index contributed by atoms with van der Waals surface area (Å²) >= 11 is 0. The summed E-state index contributed by atoms with van der Waals surface area (Å²) in [6, 6.07) is 15.3. The minimum atomic E-state index is -4.75. The number of non-ortho nitro benzene ring substituents is 1. The zero-order valence-electron chi connectivity index (χ0n) is 16.4. The van der Waals surface area contributed by atoms with Crippen LogP contribution in [0.2, 0.25) is 0 Å². The van der Waals surface area contributed by atoms with Crippen molar-refractivity contribution in [3.63, 3.8) is 0 Å². The molecule has 11 heteroatoms. The van der Waals surface area contributed by atoms with Gasteiger partial charge in [0.15, 0.2) is 0 Å². The Morgan fingerprint density at radius 2 is 1.67 bits per heavy atom. The maximum atomic E-state index is 12.9. The highest BCUT2D eigenvalue weighted by Gasteiger charge is 2.33. The van der Waals surface area contributed by atoms with E-state index < -0.39 is 27.3 Å². The summed E-state index contributed by atoms with van der Waals surface area (Å²) in [5.74, 6) is -0.294. The fourth-order valence-corrected chi connectivity index (χ4v) is 2.83. The van der Waals surface area contributed by atoms with E-state index >= 15 is 0 Å². The Balaban J connectivity index is 1.92. The third-order valence-electron chi connectivity index (χ3n) is 4.39. The van der Waals surface area contributed by atoms with Gasteiger partial charge in [0, 0.05) is 18.2 Å². The molecule has 3 rings (SSSR count). The number of nitriles is 1. The molecule has 0 aliphatic rings. The molecule has 3 aromatic rings. The highest BCUT2D eigenvalue weighted by atomic mass is 19.4. The molecule has 0 N–H and O–H groups in total. The van der Waals surface area contributed by atoms with Crippen molar-refractivity contribution in [2.75, 3.05) is 0 Å². The smallest absolute Gasteiger partial charge is 0.416 e. The van der Waals surface area contributed by atoms with Gasteiger partial charge in [-0.3, -0.25) is 20.2 Å². The molecule has 0 amide bonds. The van der Waals surface area contributed by atoms with Crippen LogP contribution in [0.25, 0.3) is 11.6 Å². The molecule has 33 heavy (non-hydrogen) atoms. The van der Waals surface area contributed by atoms with Gasteiger partial charge in [-0.25, -0.2) is 0 Å². The maximum absolute atomic E-state index is 12.9. The van der Waals surface area contributed by atoms with Crippen LogP contribution in [0.4, 0.5) is 24.5 Å². The van der Waals surface area contributed by atoms with Crippen LogP contribution >= 0.6 is 0 Å². The van der Waals surface area contributed by atoms with Gasteiger partial charge >= 0.3 is 11.9 Å². The van der Waals surface area contributed by atoms with E-state index in [1.807, 2.05) is 6.07 Å². The molecule has 0 unspecified atom stereocenters. The Kier molecular flexibility index (Phi) is 6.39. The topological polar surface area (TPSA) is 119 Å². The van der Waals surface area contributed by atoms with Gasteiger partial charge in [-0.05, 0) is 53.6 Å². The molecule has 0 atom stereocenters. The molecule has 0 aliphatic heterocycles. The number of nitro groups is 2. The van der Waals surface area contributed by atoms with Crippen LogP contribution in [0, 0.1) is 31.6 Å². The number of rotatable bonds is 6. The van der Waals surface area contributed by atoms with Crippen molar-refractivity contribution >= 4 is 23.0 Å². The van der Waals surface area contributed by atoms with Crippen LogP contribution in [-0.4, -0.2) is 9.85 Å². The monoisotopic (exact) mass is 455 g/mol. The van der Waals surface area contributed by atoms with E-state index in [1.54, 1.807) is 6.07 Å². The first-order valence-electron chi connectivity index (χ1n) is 9.08. The van der Waals surface area contributed by atoms with E-state index in [0.29, 0.717) is 23.3 Å². The van der Waals surface area contributed by atoms with E-state index in [-0.39, 0.29) is 22.8 Å². The first kappa shape index (κ1) is 23.0. The standard InChI is InChI=1S/C22H12F3N3O5/c23-22(24,25)17-6-9-21(20(12-17)28(31)32)33-19-3-1-2-14(11-19)10-16(13-26)15-4-7-18(8-5-15)27(29)30/h1-12H/b16-10-. The summed E-state index contributed by atoms with van der Waals surface area (Å²) in [5.41, 5.74) is -1.11. The van der Waals surface area contributed by atoms with Crippen molar-refractivity contribution < 1.29 is 27.8 Å². The summed E-state index contributed by atoms with van der Waals surface area (Å²) in [6.45, 7) is 0. The van der Waals surface area contributed by atoms with Crippen molar-refractivity contribution in [2.45, 2.75) is 6.18 Å². The summed E-state index contributed by atoms with van der Waals surface area (Å²) in [7, 11) is 0. The largest absolute Gasteiger partial charge is 0.450 e. The molecular formula is C22H12F3N3O5. The Morgan fingerprint density at radius 1 is 0.970 bits per heavy atom. The van der Waals surface area contributed by atoms with E-state index in [1.165, 1.54) is 48.5 Å². The molecule has 0 fully saturated rings. The lowest BCUT2D eigenvalue weighted by Crippen LogP contribution is -2.06. The second-order valence-electron chi connectivity index (χ2n) is 6.59. The molecule has 0 aliphatic carbocycles. The number of nitro benzene ring substituents is 2. The zero-order chi connectivity index (χ0) is 24.2. The maximum Gasteiger partial charge on any atom is 0.416 e. The van der Waals surface area contributed by atoms with Crippen LogP contribution in [0.1, 0.15) is 16.7 Å². The van der Waals surface area contributed by atoms with E-state index in [9.17, 15) is 38.7 Å². The first-order chi connectivity index (χ1) is 15.6. The third-order valence-corrected chi connectivity index (χ3v) is 4.39. The summed E-state index contributed by atoms with van der Waals surface area (Å²) < 4.78 is 44.1. The molecule has 3 aromatic carbocycles. The van der Waals surface area contributed by atoms with E-state index in [2.05, 4.69) is 0 Å². The van der Waals surface area contributed by atoms with Gasteiger partial charge in [0.1, 0.15) is 5.75 Å². The number of alkyl halides is 3. The van der Waals surface area contributed by atoms with Crippen molar-refractivity contribution in [1.29, 1.82) is 5.26 Å². The van der Waals surface area contributed by atoms with Crippen LogP contribution < -0.4 is 4.74 Å². The fraction of sp³-hybridized carbons (Fsp3) is 0.0455. The lowest BCUT2D eigenvalue weighted by Gasteiger charge is -2.10. The van der Waals surface area contributed by atoms with Crippen LogP contribution in [0.5, 0.6) is 11.5 Å². The van der Waals surface area contributed by atoms with Gasteiger partial charge in [0.2, 0.25) is 5.75 Å². The van der Waals surface area contributed by atoms with Gasteiger partial charge < -0.3 is 4.74 Å². The molecule has 0 heterocycles. The minimum absolute atomic E-state index is 0.0904. The van der Waals surface area contributed by atoms with Crippen LogP contribution in [0.15, 0.2) is 66.7 Å². The number of benzene rings is 3. The zero-order valence-corrected chi connectivity index (χ0v) is 16.4. The Bertz CT molecular complexity index is 1300. The lowest BCUT2D eigenvalue weighted by molar-refractivity contribution is -0.385. The molecule has 8 nitrogen and oxygen atoms in total. The molecule has 0 saturated carbocycles. The molecule has 0 radical (unpaired) electrons. The summed E-state index contributed by atoms with van der Waals surface area (Å²) in [5, 5.41) is 31.5. The Hall–Kier alpha value is -4.72. The quantitative estimate of drug-likeness (QED) is 0.184. The first-order valence-corrected chi connectivity index (χ1v) is 9.08. The number of nitrogens with zero attached hydrogens (tertiary/aromatic N) is 3. The third kappa shape index (κ3) is 5.50. The van der Waals surface area contributed by atoms with Crippen LogP contribution in [0.3, 0.4) is 0 Å². The van der Waals surface area contributed by atoms with Crippen molar-refractivity contribution in [2.24, 2.45) is 0 Å². The summed E-state index contributed by atoms with van der Waals surface area (Å²) in [4.78, 5) is 20.5. The predicted molar refractivity (Wildman–Crippen MR) is 111 cm³/mol. The van der Waals surface area contributed by atoms with Crippen molar-refractivity contribution in [1.82, 2.24) is 0 Å². The number of ether oxygens (including phenoxy) is 1. The lowest BCUT2D eigenvalue weighted by atomic mass is 10.0. The number of halogens is 3. The number of hydrogen-bond donors (Lipinski definition) is 0. The molecule has 166 valence electrons. The molecule has 0 aromatic heterocycles. The van der Waals surface area contributed by atoms with Gasteiger partial charge in [-0.1, -0.05) is 12.1 Å². The average Bonchev–Trinajstić information content (AvgIpc) is 2.77. The normalized spacial score (nSPS) is 11.5. The van der Waals surface area contributed by atoms with Gasteiger partial charge in [0.05, 0.1) is 27.1 Å². The summed E-state index contributed by atoms with van der Waals surface area (Å²) in [6.07, 6.45) is -3.28. The second kappa shape index (κ2) is 9.19. The average molecular weight is 455 g/mol. The molecule has 0 spiro atoms. The minimum Gasteiger partial charge on any atom is -0.450 e. The SMILES string of the molecule is N#C/C(=C/c1cccc(Oc2ccc(C(F)(F)F)cc2[N+](=O)[O-])c1)c1ccc([N+](=O)[O-])cc1. The van der Waals surface area contributed by atoms with E-state index in [0.717, 1.165) is 6.07 Å².